The van der Waals surface area contributed by atoms with Gasteiger partial charge in [-0.1, -0.05) is 36.7 Å². The van der Waals surface area contributed by atoms with Crippen LogP contribution in [0.25, 0.3) is 22.2 Å². The Hall–Kier alpha value is -2.92. The number of fused-ring (bicyclic) bond motifs is 1. The lowest BCUT2D eigenvalue weighted by Gasteiger charge is -2.14. The van der Waals surface area contributed by atoms with Gasteiger partial charge in [-0.15, -0.1) is 0 Å². The number of anilines is 1. The Kier molecular flexibility index (Phi) is 4.54. The van der Waals surface area contributed by atoms with Crippen LogP contribution in [0.2, 0.25) is 5.02 Å². The molecule has 4 rings (SSSR count). The van der Waals surface area contributed by atoms with Gasteiger partial charge in [-0.25, -0.2) is 4.98 Å². The molecule has 0 amide bonds. The van der Waals surface area contributed by atoms with E-state index in [1.54, 1.807) is 12.4 Å². The Bertz CT molecular complexity index is 1030. The maximum Gasteiger partial charge on any atom is 0.145 e. The average Bonchev–Trinajstić information content (AvgIpc) is 3.20. The quantitative estimate of drug-likeness (QED) is 0.529. The first-order chi connectivity index (χ1) is 12.7. The van der Waals surface area contributed by atoms with Crippen molar-refractivity contribution in [2.45, 2.75) is 12.8 Å². The highest BCUT2D eigenvalue weighted by Gasteiger charge is 2.08. The molecule has 1 atom stereocenters. The smallest absolute Gasteiger partial charge is 0.145 e. The summed E-state index contributed by atoms with van der Waals surface area (Å²) in [7, 11) is 0. The monoisotopic (exact) mass is 363 g/mol. The lowest BCUT2D eigenvalue weighted by molar-refractivity contribution is 0.801. The van der Waals surface area contributed by atoms with Crippen molar-refractivity contribution in [1.82, 2.24) is 20.2 Å². The number of aromatic nitrogens is 4. The summed E-state index contributed by atoms with van der Waals surface area (Å²) in [5, 5.41) is 10.9. The summed E-state index contributed by atoms with van der Waals surface area (Å²) in [5.74, 6) is 1.08. The molecule has 4 aromatic rings. The van der Waals surface area contributed by atoms with Gasteiger partial charge >= 0.3 is 0 Å². The minimum atomic E-state index is 0.315. The van der Waals surface area contributed by atoms with Crippen LogP contribution >= 0.6 is 11.6 Å². The zero-order valence-corrected chi connectivity index (χ0v) is 15.0. The number of H-pyrrole nitrogens is 1. The predicted octanol–water partition coefficient (Wildman–Crippen LogP) is 4.89. The number of hydrogen-bond acceptors (Lipinski definition) is 4. The molecule has 0 saturated carbocycles. The molecule has 130 valence electrons. The molecule has 0 radical (unpaired) electrons. The molecule has 0 fully saturated rings. The second-order valence-corrected chi connectivity index (χ2v) is 6.72. The van der Waals surface area contributed by atoms with Crippen molar-refractivity contribution in [2.24, 2.45) is 0 Å². The summed E-state index contributed by atoms with van der Waals surface area (Å²) >= 11 is 6.07. The predicted molar refractivity (Wildman–Crippen MR) is 105 cm³/mol. The van der Waals surface area contributed by atoms with Crippen molar-refractivity contribution in [1.29, 1.82) is 0 Å². The van der Waals surface area contributed by atoms with Gasteiger partial charge in [0.15, 0.2) is 0 Å². The molecule has 0 unspecified atom stereocenters. The molecule has 0 saturated heterocycles. The number of benzene rings is 2. The highest BCUT2D eigenvalue weighted by molar-refractivity contribution is 6.30. The van der Waals surface area contributed by atoms with E-state index in [2.05, 4.69) is 38.5 Å². The van der Waals surface area contributed by atoms with Crippen molar-refractivity contribution < 1.29 is 0 Å². The van der Waals surface area contributed by atoms with Gasteiger partial charge in [0.1, 0.15) is 5.82 Å². The summed E-state index contributed by atoms with van der Waals surface area (Å²) in [4.78, 5) is 9.20. The van der Waals surface area contributed by atoms with Gasteiger partial charge in [0.05, 0.1) is 23.4 Å². The van der Waals surface area contributed by atoms with E-state index in [1.165, 1.54) is 5.56 Å². The van der Waals surface area contributed by atoms with Gasteiger partial charge in [0.2, 0.25) is 0 Å². The van der Waals surface area contributed by atoms with E-state index in [1.807, 2.05) is 42.6 Å². The van der Waals surface area contributed by atoms with Crippen LogP contribution in [0.5, 0.6) is 0 Å². The van der Waals surface area contributed by atoms with Crippen molar-refractivity contribution in [3.63, 3.8) is 0 Å². The summed E-state index contributed by atoms with van der Waals surface area (Å²) in [6.45, 7) is 2.91. The molecule has 5 nitrogen and oxygen atoms in total. The van der Waals surface area contributed by atoms with Gasteiger partial charge in [0.25, 0.3) is 0 Å². The first-order valence-electron chi connectivity index (χ1n) is 8.44. The summed E-state index contributed by atoms with van der Waals surface area (Å²) in [6, 6.07) is 14.0. The Morgan fingerprint density at radius 1 is 1.08 bits per heavy atom. The number of nitrogens with one attached hydrogen (secondary N) is 2. The van der Waals surface area contributed by atoms with E-state index in [0.717, 1.165) is 39.5 Å². The minimum absolute atomic E-state index is 0.315. The number of rotatable bonds is 5. The van der Waals surface area contributed by atoms with Crippen LogP contribution in [-0.4, -0.2) is 26.7 Å². The van der Waals surface area contributed by atoms with Gasteiger partial charge in [-0.3, -0.25) is 10.1 Å². The fraction of sp³-hybridized carbons (Fsp3) is 0.150. The van der Waals surface area contributed by atoms with E-state index < -0.39 is 0 Å². The number of halogens is 1. The van der Waals surface area contributed by atoms with Crippen molar-refractivity contribution in [3.8, 4) is 11.1 Å². The van der Waals surface area contributed by atoms with Crippen LogP contribution in [0.15, 0.2) is 61.1 Å². The highest BCUT2D eigenvalue weighted by Crippen LogP contribution is 2.23. The lowest BCUT2D eigenvalue weighted by Crippen LogP contribution is -2.11. The SMILES string of the molecule is C[C@@H](CNc1cnc2cc(-c3cn[nH]c3)ccc2n1)c1cccc(Cl)c1. The van der Waals surface area contributed by atoms with Crippen LogP contribution in [0, 0.1) is 0 Å². The Labute approximate surface area is 156 Å². The van der Waals surface area contributed by atoms with E-state index in [4.69, 9.17) is 11.6 Å². The first kappa shape index (κ1) is 16.5. The first-order valence-corrected chi connectivity index (χ1v) is 8.82. The van der Waals surface area contributed by atoms with Crippen LogP contribution < -0.4 is 5.32 Å². The topological polar surface area (TPSA) is 66.5 Å². The van der Waals surface area contributed by atoms with Crippen LogP contribution in [0.3, 0.4) is 0 Å². The standard InChI is InChI=1S/C20H18ClN5/c1-13(14-3-2-4-17(21)7-14)9-23-20-12-22-19-8-15(5-6-18(19)26-20)16-10-24-25-11-16/h2-8,10-13H,9H2,1H3,(H,23,26)(H,24,25)/t13-/m0/s1. The summed E-state index contributed by atoms with van der Waals surface area (Å²) in [6.07, 6.45) is 5.43. The number of nitrogens with zero attached hydrogens (tertiary/aromatic N) is 3. The second-order valence-electron chi connectivity index (χ2n) is 6.28. The zero-order valence-electron chi connectivity index (χ0n) is 14.3. The van der Waals surface area contributed by atoms with E-state index in [9.17, 15) is 0 Å². The molecule has 6 heteroatoms. The van der Waals surface area contributed by atoms with Crippen molar-refractivity contribution in [2.75, 3.05) is 11.9 Å². The van der Waals surface area contributed by atoms with Crippen LogP contribution in [0.4, 0.5) is 5.82 Å². The van der Waals surface area contributed by atoms with Crippen molar-refractivity contribution >= 4 is 28.5 Å². The minimum Gasteiger partial charge on any atom is -0.368 e. The molecule has 2 aromatic carbocycles. The van der Waals surface area contributed by atoms with Gasteiger partial charge in [-0.2, -0.15) is 5.10 Å². The number of aromatic amines is 1. The molecule has 0 aliphatic heterocycles. The molecule has 0 bridgehead atoms. The fourth-order valence-electron chi connectivity index (χ4n) is 2.87. The molecular formula is C20H18ClN5. The van der Waals surface area contributed by atoms with Gasteiger partial charge in [0, 0.05) is 23.3 Å². The zero-order chi connectivity index (χ0) is 17.9. The summed E-state index contributed by atoms with van der Waals surface area (Å²) in [5.41, 5.74) is 5.01. The normalized spacial score (nSPS) is 12.2. The van der Waals surface area contributed by atoms with E-state index >= 15 is 0 Å². The van der Waals surface area contributed by atoms with Gasteiger partial charge in [-0.05, 0) is 41.3 Å². The fourth-order valence-corrected chi connectivity index (χ4v) is 3.07. The molecular weight excluding hydrogens is 346 g/mol. The maximum absolute atomic E-state index is 6.07. The largest absolute Gasteiger partial charge is 0.368 e. The molecule has 0 aliphatic carbocycles. The van der Waals surface area contributed by atoms with Crippen LogP contribution in [0.1, 0.15) is 18.4 Å². The summed E-state index contributed by atoms with van der Waals surface area (Å²) < 4.78 is 0. The lowest BCUT2D eigenvalue weighted by atomic mass is 10.0. The molecule has 0 aliphatic rings. The Morgan fingerprint density at radius 3 is 2.81 bits per heavy atom. The number of hydrogen-bond donors (Lipinski definition) is 2. The third kappa shape index (κ3) is 3.53. The molecule has 2 N–H and O–H groups in total. The second kappa shape index (κ2) is 7.14. The Balaban J connectivity index is 1.50. The highest BCUT2D eigenvalue weighted by atomic mass is 35.5. The van der Waals surface area contributed by atoms with Crippen molar-refractivity contribution in [3.05, 3.63) is 71.6 Å². The maximum atomic E-state index is 6.07. The molecule has 2 heterocycles. The molecule has 26 heavy (non-hydrogen) atoms. The van der Waals surface area contributed by atoms with E-state index in [0.29, 0.717) is 5.92 Å². The molecule has 0 spiro atoms. The molecule has 2 aromatic heterocycles. The average molecular weight is 364 g/mol. The van der Waals surface area contributed by atoms with Gasteiger partial charge < -0.3 is 5.32 Å². The Morgan fingerprint density at radius 2 is 2.00 bits per heavy atom. The third-order valence-electron chi connectivity index (χ3n) is 4.38. The third-order valence-corrected chi connectivity index (χ3v) is 4.62. The van der Waals surface area contributed by atoms with E-state index in [-0.39, 0.29) is 0 Å². The van der Waals surface area contributed by atoms with Crippen LogP contribution in [-0.2, 0) is 0 Å².